The van der Waals surface area contributed by atoms with Crippen LogP contribution in [0.4, 0.5) is 0 Å². The summed E-state index contributed by atoms with van der Waals surface area (Å²) in [5.74, 6) is 0. The highest BCUT2D eigenvalue weighted by Gasteiger charge is 2.27. The van der Waals surface area contributed by atoms with Crippen molar-refractivity contribution < 1.29 is 0 Å². The standard InChI is InChI=1S/C44H27NS2.2C42H25NS2/c1-3-13-28(14-4-1)34-22-10-23-36-40-32(20-11-25-38(40)46-43(34)36)29-15-9-16-30(27-29)33-21-12-26-39-41(33)42-44(47-39)35-19-7-8-24-37(35)45(42)31-17-5-2-6-18-31;1-2-14-29(15-3-1)43-35-20-7-6-17-33(35)42-40(43)39-31(19-10-22-37(39)45-42)28-13-8-12-27(25-28)30-18-9-21-36-38(30)34-24-23-26-11-4-5-16-32(26)41(34)44-36;1-2-13-30(14-3-1)43-35-18-7-6-16-33(35)42-41(43)40-32(17-9-19-36(40)45-42)29-12-8-11-27(24-29)28-20-22-34-38(25-28)44-37-23-21-26-10-4-5-15-31(26)39(34)37/h1-27H;2*1-25H. The topological polar surface area (TPSA) is 14.8 Å². The molecular formula is C128H77N3S6. The maximum atomic E-state index is 2.46. The highest BCUT2D eigenvalue weighted by Crippen LogP contribution is 2.54. The summed E-state index contributed by atoms with van der Waals surface area (Å²) in [6.07, 6.45) is 0. The van der Waals surface area contributed by atoms with Gasteiger partial charge in [0.25, 0.3) is 0 Å². The Balaban J connectivity index is 0.000000102. The molecule has 0 radical (unpaired) electrons. The van der Waals surface area contributed by atoms with Gasteiger partial charge < -0.3 is 13.7 Å². The van der Waals surface area contributed by atoms with Crippen molar-refractivity contribution in [2.45, 2.75) is 0 Å². The predicted molar refractivity (Wildman–Crippen MR) is 600 cm³/mol. The fourth-order valence-corrected chi connectivity index (χ4v) is 29.2. The molecule has 0 aliphatic rings. The zero-order valence-corrected chi connectivity index (χ0v) is 78.6. The molecule has 0 N–H and O–H groups in total. The molecule has 0 fully saturated rings. The quantitative estimate of drug-likeness (QED) is 0.130. The number of hydrogen-bond donors (Lipinski definition) is 0. The minimum atomic E-state index is 1.19. The van der Waals surface area contributed by atoms with Gasteiger partial charge in [-0.15, -0.1) is 68.0 Å². The number of thiophene rings is 6. The van der Waals surface area contributed by atoms with E-state index in [1.54, 1.807) is 0 Å². The SMILES string of the molecule is c1ccc(-c2cccc3c2sc2cccc(-c4cccc(-c5cccc6sc7c8ccccc8n(-c8ccccc8)c7c56)c4)c23)cc1.c1ccc(-n2c3ccccc3c3sc4cccc(-c5cccc(-c6ccc7c(c6)sc6ccc8ccccc8c67)c5)c4c32)cc1.c1ccc(-n2c3ccccc3c3sc4cccc(-c5cccc(-c6cccc7sc8c9ccccc9ccc8c67)c5)c4c32)cc1. The Morgan fingerprint density at radius 2 is 0.438 bits per heavy atom. The van der Waals surface area contributed by atoms with Crippen molar-refractivity contribution in [3.8, 4) is 95.0 Å². The molecule has 30 aromatic rings. The first-order valence-corrected chi connectivity index (χ1v) is 51.4. The van der Waals surface area contributed by atoms with E-state index in [1.165, 1.54) is 271 Å². The van der Waals surface area contributed by atoms with Gasteiger partial charge in [0.1, 0.15) is 0 Å². The van der Waals surface area contributed by atoms with E-state index in [2.05, 4.69) is 481 Å². The average Bonchev–Trinajstić information content (AvgIpc) is 1.56. The minimum absolute atomic E-state index is 1.19. The van der Waals surface area contributed by atoms with Crippen molar-refractivity contribution in [2.75, 3.05) is 0 Å². The van der Waals surface area contributed by atoms with E-state index in [4.69, 9.17) is 0 Å². The van der Waals surface area contributed by atoms with Crippen LogP contribution in [0.15, 0.2) is 467 Å². The van der Waals surface area contributed by atoms with Crippen molar-refractivity contribution in [3.05, 3.63) is 467 Å². The molecule has 0 saturated carbocycles. The third-order valence-corrected chi connectivity index (χ3v) is 34.8. The molecule has 9 heterocycles. The second-order valence-corrected chi connectivity index (χ2v) is 41.8. The van der Waals surface area contributed by atoms with Gasteiger partial charge in [-0.2, -0.15) is 0 Å². The minimum Gasteiger partial charge on any atom is -0.308 e. The van der Waals surface area contributed by atoms with Crippen molar-refractivity contribution >= 4 is 244 Å². The molecule has 3 nitrogen and oxygen atoms in total. The first-order chi connectivity index (χ1) is 68.0. The largest absolute Gasteiger partial charge is 0.308 e. The van der Waals surface area contributed by atoms with E-state index in [-0.39, 0.29) is 0 Å². The molecule has 0 aliphatic carbocycles. The summed E-state index contributed by atoms with van der Waals surface area (Å²) in [6.45, 7) is 0. The van der Waals surface area contributed by atoms with Gasteiger partial charge in [0.15, 0.2) is 0 Å². The van der Waals surface area contributed by atoms with Crippen LogP contribution in [-0.2, 0) is 0 Å². The van der Waals surface area contributed by atoms with E-state index in [9.17, 15) is 0 Å². The van der Waals surface area contributed by atoms with Gasteiger partial charge in [-0.05, 0) is 215 Å². The molecule has 137 heavy (non-hydrogen) atoms. The number of nitrogens with zero attached hydrogens (tertiary/aromatic N) is 3. The Labute approximate surface area is 812 Å². The summed E-state index contributed by atoms with van der Waals surface area (Å²) in [7, 11) is 0. The van der Waals surface area contributed by atoms with Gasteiger partial charge in [0.05, 0.1) is 47.2 Å². The highest BCUT2D eigenvalue weighted by molar-refractivity contribution is 7.29. The molecule has 30 rings (SSSR count). The number of hydrogen-bond acceptors (Lipinski definition) is 6. The Hall–Kier alpha value is -15.9. The van der Waals surface area contributed by atoms with Gasteiger partial charge in [-0.3, -0.25) is 0 Å². The lowest BCUT2D eigenvalue weighted by Gasteiger charge is -2.12. The Morgan fingerprint density at radius 1 is 0.139 bits per heavy atom. The lowest BCUT2D eigenvalue weighted by molar-refractivity contribution is 1.19. The van der Waals surface area contributed by atoms with Gasteiger partial charge in [0, 0.05) is 124 Å². The summed E-state index contributed by atoms with van der Waals surface area (Å²) < 4.78 is 23.4. The van der Waals surface area contributed by atoms with Crippen molar-refractivity contribution in [1.82, 2.24) is 13.7 Å². The van der Waals surface area contributed by atoms with Crippen LogP contribution in [0.5, 0.6) is 0 Å². The van der Waals surface area contributed by atoms with E-state index < -0.39 is 0 Å². The van der Waals surface area contributed by atoms with Crippen LogP contribution in [0.25, 0.3) is 271 Å². The van der Waals surface area contributed by atoms with Crippen molar-refractivity contribution in [1.29, 1.82) is 0 Å². The molecule has 0 aliphatic heterocycles. The zero-order chi connectivity index (χ0) is 89.9. The fourth-order valence-electron chi connectivity index (χ4n) is 21.8. The molecule has 0 saturated heterocycles. The molecule has 9 heteroatoms. The Kier molecular flexibility index (Phi) is 18.9. The van der Waals surface area contributed by atoms with Gasteiger partial charge in [-0.25, -0.2) is 0 Å². The number of para-hydroxylation sites is 6. The van der Waals surface area contributed by atoms with Gasteiger partial charge in [0.2, 0.25) is 0 Å². The molecule has 0 spiro atoms. The van der Waals surface area contributed by atoms with E-state index >= 15 is 0 Å². The molecule has 0 atom stereocenters. The third-order valence-electron chi connectivity index (χ3n) is 27.8. The first-order valence-electron chi connectivity index (χ1n) is 46.5. The molecule has 0 amide bonds. The first kappa shape index (κ1) is 79.6. The van der Waals surface area contributed by atoms with Crippen LogP contribution in [0.1, 0.15) is 0 Å². The highest BCUT2D eigenvalue weighted by atomic mass is 32.1. The van der Waals surface area contributed by atoms with E-state index in [1.807, 2.05) is 68.0 Å². The fraction of sp³-hybridized carbons (Fsp3) is 0. The molecule has 640 valence electrons. The second-order valence-electron chi connectivity index (χ2n) is 35.4. The summed E-state index contributed by atoms with van der Waals surface area (Å²) >= 11 is 11.4. The molecule has 21 aromatic carbocycles. The number of benzene rings is 21. The monoisotopic (exact) mass is 1850 g/mol. The zero-order valence-electron chi connectivity index (χ0n) is 73.7. The van der Waals surface area contributed by atoms with Crippen LogP contribution in [-0.4, -0.2) is 13.7 Å². The molecule has 9 aromatic heterocycles. The van der Waals surface area contributed by atoms with Gasteiger partial charge in [-0.1, -0.05) is 352 Å². The average molecular weight is 1850 g/mol. The number of rotatable bonds is 10. The lowest BCUT2D eigenvalue weighted by Crippen LogP contribution is -1.93. The van der Waals surface area contributed by atoms with E-state index in [0.717, 1.165) is 0 Å². The summed E-state index contributed by atoms with van der Waals surface area (Å²) in [6, 6.07) is 171. The van der Waals surface area contributed by atoms with Crippen LogP contribution in [0.2, 0.25) is 0 Å². The smallest absolute Gasteiger partial charge is 0.0734 e. The van der Waals surface area contributed by atoms with Gasteiger partial charge >= 0.3 is 0 Å². The van der Waals surface area contributed by atoms with Crippen LogP contribution >= 0.6 is 68.0 Å². The van der Waals surface area contributed by atoms with Crippen molar-refractivity contribution in [2.24, 2.45) is 0 Å². The maximum absolute atomic E-state index is 2.46. The van der Waals surface area contributed by atoms with Crippen LogP contribution in [0, 0.1) is 0 Å². The van der Waals surface area contributed by atoms with Crippen molar-refractivity contribution in [3.63, 3.8) is 0 Å². The molecular weight excluding hydrogens is 1770 g/mol. The normalized spacial score (nSPS) is 11.9. The second kappa shape index (κ2) is 32.4. The summed E-state index contributed by atoms with van der Waals surface area (Å²) in [5, 5.41) is 21.2. The molecule has 0 unspecified atom stereocenters. The van der Waals surface area contributed by atoms with E-state index in [0.29, 0.717) is 0 Å². The van der Waals surface area contributed by atoms with Crippen LogP contribution < -0.4 is 0 Å². The molecule has 0 bridgehead atoms. The Morgan fingerprint density at radius 3 is 0.905 bits per heavy atom. The summed E-state index contributed by atoms with van der Waals surface area (Å²) in [5.41, 5.74) is 28.8. The maximum Gasteiger partial charge on any atom is 0.0734 e. The predicted octanol–water partition coefficient (Wildman–Crippen LogP) is 39.1. The third kappa shape index (κ3) is 12.9. The summed E-state index contributed by atoms with van der Waals surface area (Å²) in [4.78, 5) is 0. The number of aromatic nitrogens is 3. The lowest BCUT2D eigenvalue weighted by atomic mass is 9.94. The van der Waals surface area contributed by atoms with Crippen LogP contribution in [0.3, 0.4) is 0 Å². The Bertz CT molecular complexity index is 10100. The number of fused-ring (bicyclic) bond motifs is 28.